The van der Waals surface area contributed by atoms with Crippen LogP contribution in [0, 0.1) is 19.7 Å². The summed E-state index contributed by atoms with van der Waals surface area (Å²) in [6.45, 7) is 23.5. The van der Waals surface area contributed by atoms with Gasteiger partial charge in [0.25, 0.3) is 0 Å². The summed E-state index contributed by atoms with van der Waals surface area (Å²) >= 11 is 0. The van der Waals surface area contributed by atoms with Crippen LogP contribution in [-0.4, -0.2) is 13.7 Å². The van der Waals surface area contributed by atoms with Crippen molar-refractivity contribution in [2.75, 3.05) is 0 Å². The van der Waals surface area contributed by atoms with Crippen LogP contribution in [0.5, 0.6) is 0 Å². The summed E-state index contributed by atoms with van der Waals surface area (Å²) in [6, 6.07) is 58.2. The van der Waals surface area contributed by atoms with E-state index in [2.05, 4.69) is 143 Å². The van der Waals surface area contributed by atoms with Crippen molar-refractivity contribution in [3.05, 3.63) is 204 Å². The Morgan fingerprint density at radius 1 is 0.281 bits per heavy atom. The summed E-state index contributed by atoms with van der Waals surface area (Å²) in [7, 11) is 0. The maximum absolute atomic E-state index is 8.09. The van der Waals surface area contributed by atoms with Gasteiger partial charge in [0.15, 0.2) is 17.1 Å². The molecule has 0 spiro atoms. The van der Waals surface area contributed by atoms with E-state index in [1.165, 1.54) is 10.8 Å². The molecule has 3 aromatic heterocycles. The molecule has 0 saturated heterocycles. The van der Waals surface area contributed by atoms with Crippen LogP contribution in [-0.2, 0) is 0 Å². The normalized spacial score (nSPS) is 11.5. The zero-order valence-corrected chi connectivity index (χ0v) is 30.3. The maximum atomic E-state index is 8.09. The van der Waals surface area contributed by atoms with E-state index in [1.807, 2.05) is 54.6 Å². The lowest BCUT2D eigenvalue weighted by Crippen LogP contribution is -1.97. The molecule has 262 valence electrons. The molecule has 0 amide bonds. The van der Waals surface area contributed by atoms with E-state index in [9.17, 15) is 0 Å². The zero-order chi connectivity index (χ0) is 38.2. The Hall–Kier alpha value is -8.37. The second-order valence-electron chi connectivity index (χ2n) is 14.3. The van der Waals surface area contributed by atoms with Crippen molar-refractivity contribution in [2.24, 2.45) is 0 Å². The molecule has 0 saturated carbocycles. The number of aromatic nitrogens is 3. The molecule has 6 heteroatoms. The molecule has 11 aromatic rings. The number of hydrogen-bond donors (Lipinski definition) is 0. The molecular formula is C51H28N6. The molecule has 3 heterocycles. The fourth-order valence-electron chi connectivity index (χ4n) is 8.78. The minimum absolute atomic E-state index is 0.540. The van der Waals surface area contributed by atoms with Gasteiger partial charge in [0.05, 0.1) is 52.8 Å². The second-order valence-corrected chi connectivity index (χ2v) is 14.3. The van der Waals surface area contributed by atoms with E-state index in [4.69, 9.17) is 19.7 Å². The zero-order valence-electron chi connectivity index (χ0n) is 30.3. The van der Waals surface area contributed by atoms with Gasteiger partial charge >= 0.3 is 0 Å². The molecule has 0 aliphatic carbocycles. The van der Waals surface area contributed by atoms with Crippen LogP contribution in [0.15, 0.2) is 170 Å². The molecule has 0 N–H and O–H groups in total. The van der Waals surface area contributed by atoms with E-state index in [0.29, 0.717) is 17.1 Å². The topological polar surface area (TPSA) is 27.9 Å². The molecule has 11 rings (SSSR count). The van der Waals surface area contributed by atoms with Gasteiger partial charge in [-0.3, -0.25) is 0 Å². The highest BCUT2D eigenvalue weighted by Crippen LogP contribution is 2.40. The summed E-state index contributed by atoms with van der Waals surface area (Å²) in [5.41, 5.74) is 12.9. The molecular weight excluding hydrogens is 697 g/mol. The lowest BCUT2D eigenvalue weighted by molar-refractivity contribution is 1.16. The van der Waals surface area contributed by atoms with Crippen LogP contribution in [0.2, 0.25) is 0 Å². The third-order valence-electron chi connectivity index (χ3n) is 11.2. The van der Waals surface area contributed by atoms with Crippen molar-refractivity contribution in [1.82, 2.24) is 13.7 Å². The monoisotopic (exact) mass is 724 g/mol. The summed E-state index contributed by atoms with van der Waals surface area (Å²) in [4.78, 5) is 11.4. The van der Waals surface area contributed by atoms with Crippen molar-refractivity contribution in [2.45, 2.75) is 0 Å². The van der Waals surface area contributed by atoms with Crippen molar-refractivity contribution in [3.8, 4) is 28.2 Å². The summed E-state index contributed by atoms with van der Waals surface area (Å²) < 4.78 is 6.80. The van der Waals surface area contributed by atoms with Crippen molar-refractivity contribution in [3.63, 3.8) is 0 Å². The number of benzene rings is 8. The van der Waals surface area contributed by atoms with Gasteiger partial charge in [-0.2, -0.15) is 0 Å². The van der Waals surface area contributed by atoms with Gasteiger partial charge in [-0.25, -0.2) is 14.5 Å². The SMILES string of the molecule is [C-]#[N+]c1cc(-c2cccc(-n3c4ccc([N+]#[C-])cc4c4cc(-n5c6ccccc6c6ccccc65)ccc43)c2)cc(-n2c3ccccc3c3cc([N+]#[C-])ccc32)c1. The van der Waals surface area contributed by atoms with Gasteiger partial charge in [0.1, 0.15) is 0 Å². The Labute approximate surface area is 327 Å². The average molecular weight is 725 g/mol. The van der Waals surface area contributed by atoms with Gasteiger partial charge in [0.2, 0.25) is 0 Å². The molecule has 6 nitrogen and oxygen atoms in total. The van der Waals surface area contributed by atoms with Crippen molar-refractivity contribution >= 4 is 82.5 Å². The van der Waals surface area contributed by atoms with Crippen molar-refractivity contribution in [1.29, 1.82) is 0 Å². The van der Waals surface area contributed by atoms with Gasteiger partial charge in [-0.15, -0.1) is 0 Å². The number of rotatable bonds is 4. The summed E-state index contributed by atoms with van der Waals surface area (Å²) in [5.74, 6) is 0. The number of hydrogen-bond acceptors (Lipinski definition) is 0. The molecule has 0 bridgehead atoms. The number of fused-ring (bicyclic) bond motifs is 9. The highest BCUT2D eigenvalue weighted by Gasteiger charge is 2.18. The third kappa shape index (κ3) is 4.81. The first-order valence-electron chi connectivity index (χ1n) is 18.6. The quantitative estimate of drug-likeness (QED) is 0.162. The predicted octanol–water partition coefficient (Wildman–Crippen LogP) is 14.3. The minimum atomic E-state index is 0.540. The average Bonchev–Trinajstić information content (AvgIpc) is 3.91. The highest BCUT2D eigenvalue weighted by molar-refractivity contribution is 6.13. The summed E-state index contributed by atoms with van der Waals surface area (Å²) in [5, 5.41) is 6.55. The van der Waals surface area contributed by atoms with Crippen LogP contribution in [0.3, 0.4) is 0 Å². The van der Waals surface area contributed by atoms with Crippen molar-refractivity contribution < 1.29 is 0 Å². The Balaban J connectivity index is 1.11. The fraction of sp³-hybridized carbons (Fsp3) is 0. The van der Waals surface area contributed by atoms with E-state index >= 15 is 0 Å². The largest absolute Gasteiger partial charge is 0.311 e. The van der Waals surface area contributed by atoms with Gasteiger partial charge < -0.3 is 13.7 Å². The second kappa shape index (κ2) is 12.3. The van der Waals surface area contributed by atoms with Gasteiger partial charge in [0, 0.05) is 38.6 Å². The first-order chi connectivity index (χ1) is 28.1. The van der Waals surface area contributed by atoms with Crippen LogP contribution in [0.25, 0.3) is 108 Å². The molecule has 0 aliphatic rings. The third-order valence-corrected chi connectivity index (χ3v) is 11.2. The van der Waals surface area contributed by atoms with Crippen LogP contribution < -0.4 is 0 Å². The van der Waals surface area contributed by atoms with Crippen LogP contribution in [0.1, 0.15) is 0 Å². The Morgan fingerprint density at radius 2 is 0.719 bits per heavy atom. The Morgan fingerprint density at radius 3 is 1.30 bits per heavy atom. The molecule has 0 aliphatic heterocycles. The summed E-state index contributed by atoms with van der Waals surface area (Å²) in [6.07, 6.45) is 0. The molecule has 0 atom stereocenters. The Kier molecular flexibility index (Phi) is 6.95. The van der Waals surface area contributed by atoms with E-state index in [-0.39, 0.29) is 0 Å². The Bertz CT molecular complexity index is 3580. The van der Waals surface area contributed by atoms with Crippen LogP contribution >= 0.6 is 0 Å². The lowest BCUT2D eigenvalue weighted by Gasteiger charge is -2.14. The minimum Gasteiger partial charge on any atom is -0.311 e. The first-order valence-corrected chi connectivity index (χ1v) is 18.6. The molecule has 0 unspecified atom stereocenters. The van der Waals surface area contributed by atoms with E-state index < -0.39 is 0 Å². The predicted molar refractivity (Wildman–Crippen MR) is 234 cm³/mol. The van der Waals surface area contributed by atoms with Crippen LogP contribution in [0.4, 0.5) is 17.1 Å². The van der Waals surface area contributed by atoms with E-state index in [0.717, 1.165) is 82.8 Å². The fourth-order valence-corrected chi connectivity index (χ4v) is 8.78. The maximum Gasteiger partial charge on any atom is 0.189 e. The van der Waals surface area contributed by atoms with Gasteiger partial charge in [-0.1, -0.05) is 78.9 Å². The van der Waals surface area contributed by atoms with Gasteiger partial charge in [-0.05, 0) is 113 Å². The smallest absolute Gasteiger partial charge is 0.189 e. The van der Waals surface area contributed by atoms with E-state index in [1.54, 1.807) is 0 Å². The standard InChI is InChI=1S/C51H28N6/c1-52-34-19-22-49-43(29-34)42-15-6-9-18-48(42)57(49)39-27-33(25-36(28-39)54-3)32-11-10-12-37(26-32)55-50-23-20-35(53-2)30-44(50)45-31-38(21-24-51(45)55)56-46-16-7-4-13-40(46)41-14-5-8-17-47(41)56/h4-31H. The highest BCUT2D eigenvalue weighted by atomic mass is 15.0. The lowest BCUT2D eigenvalue weighted by atomic mass is 10.0. The first kappa shape index (κ1) is 32.1. The molecule has 0 fully saturated rings. The number of para-hydroxylation sites is 3. The molecule has 0 radical (unpaired) electrons. The molecule has 57 heavy (non-hydrogen) atoms. The number of nitrogens with zero attached hydrogens (tertiary/aromatic N) is 6. The molecule has 8 aromatic carbocycles.